The average molecular weight is 411 g/mol. The van der Waals surface area contributed by atoms with Crippen LogP contribution in [0.25, 0.3) is 0 Å². The summed E-state index contributed by atoms with van der Waals surface area (Å²) in [4.78, 5) is 17.9. The molecule has 1 aliphatic heterocycles. The van der Waals surface area contributed by atoms with Crippen LogP contribution in [0.5, 0.6) is 0 Å². The fraction of sp³-hybridized carbons (Fsp3) is 0.714. The van der Waals surface area contributed by atoms with Gasteiger partial charge in [-0.3, -0.25) is 4.52 Å². The van der Waals surface area contributed by atoms with Gasteiger partial charge in [0, 0.05) is 5.54 Å². The maximum atomic E-state index is 11.0. The van der Waals surface area contributed by atoms with Crippen LogP contribution in [-0.4, -0.2) is 28.0 Å². The van der Waals surface area contributed by atoms with E-state index in [1.165, 1.54) is 42.4 Å². The van der Waals surface area contributed by atoms with Crippen molar-refractivity contribution in [3.8, 4) is 0 Å². The molecule has 1 heterocycles. The van der Waals surface area contributed by atoms with Crippen molar-refractivity contribution in [2.75, 3.05) is 6.61 Å². The lowest BCUT2D eigenvalue weighted by Gasteiger charge is -2.27. The van der Waals surface area contributed by atoms with Crippen LogP contribution < -0.4 is 5.73 Å². The number of nitrogens with two attached hydrogens (primary N) is 1. The van der Waals surface area contributed by atoms with Gasteiger partial charge in [-0.25, -0.2) is 4.57 Å². The second-order valence-corrected chi connectivity index (χ2v) is 9.82. The van der Waals surface area contributed by atoms with E-state index < -0.39 is 13.4 Å². The van der Waals surface area contributed by atoms with Crippen molar-refractivity contribution in [1.29, 1.82) is 0 Å². The Hall–Kier alpha value is -0.750. The molecule has 3 rings (SSSR count). The lowest BCUT2D eigenvalue weighted by Crippen LogP contribution is -2.41. The van der Waals surface area contributed by atoms with Gasteiger partial charge in [0.05, 0.1) is 19.3 Å². The van der Waals surface area contributed by atoms with Crippen LogP contribution in [0.2, 0.25) is 0 Å². The number of fused-ring (bicyclic) bond motifs is 1. The van der Waals surface area contributed by atoms with E-state index in [0.29, 0.717) is 31.5 Å². The second kappa shape index (κ2) is 9.38. The maximum Gasteiger partial charge on any atom is 0.469 e. The molecule has 2 aliphatic rings. The molecule has 0 amide bonds. The highest BCUT2D eigenvalue weighted by Gasteiger charge is 2.38. The minimum absolute atomic E-state index is 0.110. The van der Waals surface area contributed by atoms with E-state index in [-0.39, 0.29) is 6.61 Å². The Kier molecular flexibility index (Phi) is 7.35. The van der Waals surface area contributed by atoms with Crippen molar-refractivity contribution in [2.24, 2.45) is 5.73 Å². The molecule has 0 radical (unpaired) electrons. The van der Waals surface area contributed by atoms with E-state index in [4.69, 9.17) is 20.3 Å². The number of hydrogen-bond acceptors (Lipinski definition) is 4. The summed E-state index contributed by atoms with van der Waals surface area (Å²) in [6, 6.07) is 6.66. The average Bonchev–Trinajstić information content (AvgIpc) is 3.05. The van der Waals surface area contributed by atoms with Crippen molar-refractivity contribution in [3.63, 3.8) is 0 Å². The number of hydrogen-bond donors (Lipinski definition) is 3. The van der Waals surface area contributed by atoms with Gasteiger partial charge < -0.3 is 20.3 Å². The summed E-state index contributed by atoms with van der Waals surface area (Å²) in [5.41, 5.74) is 9.54. The predicted molar refractivity (Wildman–Crippen MR) is 109 cm³/mol. The third-order valence-corrected chi connectivity index (χ3v) is 6.63. The summed E-state index contributed by atoms with van der Waals surface area (Å²) in [6.07, 6.45) is 9.83. The highest BCUT2D eigenvalue weighted by Crippen LogP contribution is 2.44. The largest absolute Gasteiger partial charge is 0.469 e. The molecule has 1 saturated carbocycles. The van der Waals surface area contributed by atoms with Crippen LogP contribution in [0.3, 0.4) is 0 Å². The van der Waals surface area contributed by atoms with E-state index in [2.05, 4.69) is 29.6 Å². The van der Waals surface area contributed by atoms with Gasteiger partial charge in [-0.05, 0) is 54.7 Å². The fourth-order valence-electron chi connectivity index (χ4n) is 4.51. The third-order valence-electron chi connectivity index (χ3n) is 6.17. The lowest BCUT2D eigenvalue weighted by molar-refractivity contribution is 0.0216. The molecule has 6 nitrogen and oxygen atoms in total. The van der Waals surface area contributed by atoms with Crippen LogP contribution in [0, 0.1) is 0 Å². The Balaban J connectivity index is 1.56. The number of phosphoric acid groups is 1. The van der Waals surface area contributed by atoms with Gasteiger partial charge in [0.1, 0.15) is 0 Å². The lowest BCUT2D eigenvalue weighted by atomic mass is 9.89. The molecule has 1 aliphatic carbocycles. The first-order chi connectivity index (χ1) is 13.3. The molecule has 4 N–H and O–H groups in total. The van der Waals surface area contributed by atoms with Crippen molar-refractivity contribution < 1.29 is 23.6 Å². The van der Waals surface area contributed by atoms with E-state index >= 15 is 0 Å². The van der Waals surface area contributed by atoms with E-state index in [0.717, 1.165) is 19.3 Å². The summed E-state index contributed by atoms with van der Waals surface area (Å²) in [6.45, 7) is 2.79. The summed E-state index contributed by atoms with van der Waals surface area (Å²) in [5.74, 6) is 0.294. The summed E-state index contributed by atoms with van der Waals surface area (Å²) >= 11 is 0. The van der Waals surface area contributed by atoms with Gasteiger partial charge in [-0.15, -0.1) is 0 Å². The zero-order valence-electron chi connectivity index (χ0n) is 16.8. The maximum absolute atomic E-state index is 11.0. The standard InChI is InChI=1S/C21H34NO5P/c1-2-3-4-5-6-20-12-17-8-7-16(11-19(17)14-26-20)18-9-10-21(22,13-18)15-27-28(23,24)25/h7-8,11,18,20H,2-6,9-10,12-15,22H2,1H3,(H2,23,24,25)/t18-,20-,21-/m1/s1. The van der Waals surface area contributed by atoms with Crippen LogP contribution in [0.1, 0.15) is 80.9 Å². The van der Waals surface area contributed by atoms with Gasteiger partial charge in [-0.2, -0.15) is 0 Å². The molecule has 28 heavy (non-hydrogen) atoms. The molecule has 3 atom stereocenters. The predicted octanol–water partition coefficient (Wildman–Crippen LogP) is 4.17. The van der Waals surface area contributed by atoms with Crippen molar-refractivity contribution in [2.45, 2.75) is 88.9 Å². The molecular weight excluding hydrogens is 377 g/mol. The molecule has 0 aromatic heterocycles. The minimum Gasteiger partial charge on any atom is -0.373 e. The molecule has 1 fully saturated rings. The van der Waals surface area contributed by atoms with Crippen LogP contribution in [0.15, 0.2) is 18.2 Å². The fourth-order valence-corrected chi connectivity index (χ4v) is 4.94. The zero-order valence-corrected chi connectivity index (χ0v) is 17.7. The number of benzene rings is 1. The van der Waals surface area contributed by atoms with E-state index in [1.54, 1.807) is 0 Å². The van der Waals surface area contributed by atoms with E-state index in [9.17, 15) is 4.57 Å². The topological polar surface area (TPSA) is 102 Å². The summed E-state index contributed by atoms with van der Waals surface area (Å²) in [5, 5.41) is 0. The summed E-state index contributed by atoms with van der Waals surface area (Å²) in [7, 11) is -4.48. The van der Waals surface area contributed by atoms with Crippen molar-refractivity contribution in [3.05, 3.63) is 34.9 Å². The summed E-state index contributed by atoms with van der Waals surface area (Å²) < 4.78 is 21.7. The van der Waals surface area contributed by atoms with Crippen LogP contribution >= 0.6 is 7.82 Å². The molecule has 1 aromatic carbocycles. The Morgan fingerprint density at radius 1 is 1.29 bits per heavy atom. The molecule has 0 bridgehead atoms. The van der Waals surface area contributed by atoms with Gasteiger partial charge in [0.2, 0.25) is 0 Å². The van der Waals surface area contributed by atoms with Gasteiger partial charge in [0.15, 0.2) is 0 Å². The van der Waals surface area contributed by atoms with Crippen molar-refractivity contribution in [1.82, 2.24) is 0 Å². The Morgan fingerprint density at radius 3 is 2.86 bits per heavy atom. The molecule has 0 spiro atoms. The molecule has 0 saturated heterocycles. The monoisotopic (exact) mass is 411 g/mol. The smallest absolute Gasteiger partial charge is 0.373 e. The normalized spacial score (nSPS) is 27.7. The zero-order chi connectivity index (χ0) is 20.2. The molecule has 7 heteroatoms. The van der Waals surface area contributed by atoms with E-state index in [1.807, 2.05) is 0 Å². The molecular formula is C21H34NO5P. The Labute approximate surface area is 168 Å². The SMILES string of the molecule is CCCCCC[C@@H]1Cc2ccc([C@@H]3CC[C@](N)(COP(=O)(O)O)C3)cc2CO1. The first kappa shape index (κ1) is 21.9. The Bertz CT molecular complexity index is 706. The van der Waals surface area contributed by atoms with Crippen molar-refractivity contribution >= 4 is 7.82 Å². The molecule has 0 unspecified atom stereocenters. The highest BCUT2D eigenvalue weighted by atomic mass is 31.2. The number of rotatable bonds is 9. The van der Waals surface area contributed by atoms with Gasteiger partial charge in [0.25, 0.3) is 0 Å². The number of ether oxygens (including phenoxy) is 1. The van der Waals surface area contributed by atoms with Gasteiger partial charge in [-0.1, -0.05) is 50.8 Å². The van der Waals surface area contributed by atoms with Crippen LogP contribution in [0.4, 0.5) is 0 Å². The molecule has 158 valence electrons. The third kappa shape index (κ3) is 6.12. The quantitative estimate of drug-likeness (QED) is 0.416. The second-order valence-electron chi connectivity index (χ2n) is 8.58. The van der Waals surface area contributed by atoms with Gasteiger partial charge >= 0.3 is 7.82 Å². The minimum atomic E-state index is -4.48. The highest BCUT2D eigenvalue weighted by molar-refractivity contribution is 7.46. The molecule has 1 aromatic rings. The number of unbranched alkanes of at least 4 members (excludes halogenated alkanes) is 3. The number of phosphoric ester groups is 1. The Morgan fingerprint density at radius 2 is 2.11 bits per heavy atom. The van der Waals surface area contributed by atoms with Crippen LogP contribution in [-0.2, 0) is 26.9 Å². The first-order valence-electron chi connectivity index (χ1n) is 10.5. The first-order valence-corrected chi connectivity index (χ1v) is 12.0.